The lowest BCUT2D eigenvalue weighted by molar-refractivity contribution is 0.265. The summed E-state index contributed by atoms with van der Waals surface area (Å²) in [6.07, 6.45) is 4.71. The zero-order chi connectivity index (χ0) is 15.0. The highest BCUT2D eigenvalue weighted by atomic mass is 15.2. The zero-order valence-electron chi connectivity index (χ0n) is 13.3. The molecule has 0 radical (unpaired) electrons. The van der Waals surface area contributed by atoms with Gasteiger partial charge in [-0.25, -0.2) is 4.98 Å². The van der Waals surface area contributed by atoms with Gasteiger partial charge in [0, 0.05) is 25.3 Å². The number of likely N-dealkylation sites (tertiary alicyclic amines) is 1. The Balaban J connectivity index is 1.55. The van der Waals surface area contributed by atoms with Crippen LogP contribution in [0.1, 0.15) is 24.4 Å². The third-order valence-corrected chi connectivity index (χ3v) is 5.26. The molecule has 1 aromatic carbocycles. The maximum absolute atomic E-state index is 4.55. The molecule has 1 N–H and O–H groups in total. The lowest BCUT2D eigenvalue weighted by atomic mass is 9.87. The van der Waals surface area contributed by atoms with Crippen molar-refractivity contribution in [1.82, 2.24) is 19.8 Å². The van der Waals surface area contributed by atoms with Crippen molar-refractivity contribution in [2.75, 3.05) is 26.2 Å². The normalized spacial score (nSPS) is 25.3. The largest absolute Gasteiger partial charge is 0.316 e. The molecule has 2 aromatic rings. The summed E-state index contributed by atoms with van der Waals surface area (Å²) < 4.78 is 2.29. The Kier molecular flexibility index (Phi) is 3.51. The van der Waals surface area contributed by atoms with Gasteiger partial charge in [-0.3, -0.25) is 9.47 Å². The number of hydrogen-bond donors (Lipinski definition) is 1. The van der Waals surface area contributed by atoms with E-state index < -0.39 is 0 Å². The van der Waals surface area contributed by atoms with Crippen LogP contribution in [0.4, 0.5) is 0 Å². The molecule has 1 atom stereocenters. The first-order valence-electron chi connectivity index (χ1n) is 8.28. The highest BCUT2D eigenvalue weighted by Gasteiger charge is 2.40. The minimum Gasteiger partial charge on any atom is -0.316 e. The fraction of sp³-hybridized carbons (Fsp3) is 0.500. The molecule has 3 heterocycles. The van der Waals surface area contributed by atoms with Gasteiger partial charge in [-0.1, -0.05) is 18.2 Å². The van der Waals surface area contributed by atoms with Crippen molar-refractivity contribution < 1.29 is 0 Å². The van der Waals surface area contributed by atoms with E-state index in [1.165, 1.54) is 50.4 Å². The van der Waals surface area contributed by atoms with Gasteiger partial charge in [0.15, 0.2) is 0 Å². The van der Waals surface area contributed by atoms with Crippen LogP contribution in [0.25, 0.3) is 5.69 Å². The highest BCUT2D eigenvalue weighted by molar-refractivity contribution is 5.35. The highest BCUT2D eigenvalue weighted by Crippen LogP contribution is 2.36. The topological polar surface area (TPSA) is 33.1 Å². The summed E-state index contributed by atoms with van der Waals surface area (Å²) in [5, 5.41) is 3.54. The number of aryl methyl sites for hydroxylation is 1. The van der Waals surface area contributed by atoms with E-state index in [2.05, 4.69) is 57.0 Å². The molecule has 0 aliphatic carbocycles. The van der Waals surface area contributed by atoms with E-state index in [1.54, 1.807) is 0 Å². The Hall–Kier alpha value is -1.65. The molecule has 1 unspecified atom stereocenters. The van der Waals surface area contributed by atoms with E-state index in [0.717, 1.165) is 12.4 Å². The van der Waals surface area contributed by atoms with Gasteiger partial charge in [-0.15, -0.1) is 0 Å². The maximum Gasteiger partial charge on any atom is 0.110 e. The van der Waals surface area contributed by atoms with Crippen LogP contribution in [-0.2, 0) is 6.54 Å². The number of nitrogens with zero attached hydrogens (tertiary/aromatic N) is 3. The molecule has 4 nitrogen and oxygen atoms in total. The number of para-hydroxylation sites is 1. The van der Waals surface area contributed by atoms with E-state index in [-0.39, 0.29) is 0 Å². The SMILES string of the molecule is Cc1ncc(CN2CCC3(CCNC3)C2)n1-c1ccccc1. The zero-order valence-corrected chi connectivity index (χ0v) is 13.3. The molecule has 2 aliphatic heterocycles. The van der Waals surface area contributed by atoms with Crippen molar-refractivity contribution in [2.24, 2.45) is 5.41 Å². The van der Waals surface area contributed by atoms with E-state index in [1.807, 2.05) is 6.20 Å². The predicted octanol–water partition coefficient (Wildman–Crippen LogP) is 2.37. The standard InChI is InChI=1S/C18H24N4/c1-15-20-11-17(22(15)16-5-3-2-4-6-16)12-21-10-8-18(14-21)7-9-19-13-18/h2-6,11,19H,7-10,12-14H2,1H3. The van der Waals surface area contributed by atoms with Crippen molar-refractivity contribution in [3.05, 3.63) is 48.0 Å². The molecule has 2 aliphatic rings. The van der Waals surface area contributed by atoms with Crippen LogP contribution in [0.15, 0.2) is 36.5 Å². The van der Waals surface area contributed by atoms with Gasteiger partial charge >= 0.3 is 0 Å². The van der Waals surface area contributed by atoms with Crippen LogP contribution >= 0.6 is 0 Å². The number of benzene rings is 1. The molecule has 22 heavy (non-hydrogen) atoms. The molecule has 2 saturated heterocycles. The molecular formula is C18H24N4. The fourth-order valence-corrected chi connectivity index (χ4v) is 4.07. The average molecular weight is 296 g/mol. The minimum absolute atomic E-state index is 0.534. The molecule has 1 aromatic heterocycles. The van der Waals surface area contributed by atoms with Gasteiger partial charge in [-0.05, 0) is 50.4 Å². The Labute approximate surface area is 132 Å². The van der Waals surface area contributed by atoms with Gasteiger partial charge < -0.3 is 5.32 Å². The second-order valence-corrected chi connectivity index (χ2v) is 6.86. The first kappa shape index (κ1) is 14.0. The predicted molar refractivity (Wildman–Crippen MR) is 88.1 cm³/mol. The van der Waals surface area contributed by atoms with Crippen molar-refractivity contribution in [1.29, 1.82) is 0 Å². The molecule has 4 heteroatoms. The molecule has 0 bridgehead atoms. The van der Waals surface area contributed by atoms with E-state index in [9.17, 15) is 0 Å². The molecule has 0 saturated carbocycles. The van der Waals surface area contributed by atoms with Crippen molar-refractivity contribution in [2.45, 2.75) is 26.3 Å². The Morgan fingerprint density at radius 2 is 2.09 bits per heavy atom. The summed E-state index contributed by atoms with van der Waals surface area (Å²) in [6, 6.07) is 10.6. The van der Waals surface area contributed by atoms with E-state index in [4.69, 9.17) is 0 Å². The van der Waals surface area contributed by atoms with Crippen LogP contribution in [0, 0.1) is 12.3 Å². The lowest BCUT2D eigenvalue weighted by Gasteiger charge is -2.23. The van der Waals surface area contributed by atoms with Crippen LogP contribution in [0.3, 0.4) is 0 Å². The quantitative estimate of drug-likeness (QED) is 0.944. The van der Waals surface area contributed by atoms with E-state index in [0.29, 0.717) is 5.41 Å². The van der Waals surface area contributed by atoms with Crippen molar-refractivity contribution >= 4 is 0 Å². The smallest absolute Gasteiger partial charge is 0.110 e. The monoisotopic (exact) mass is 296 g/mol. The number of rotatable bonds is 3. The number of aromatic nitrogens is 2. The number of hydrogen-bond acceptors (Lipinski definition) is 3. The summed E-state index contributed by atoms with van der Waals surface area (Å²) in [5.41, 5.74) is 3.04. The molecule has 4 rings (SSSR count). The molecule has 1 spiro atoms. The lowest BCUT2D eigenvalue weighted by Crippen LogP contribution is -2.29. The molecule has 2 fully saturated rings. The first-order chi connectivity index (χ1) is 10.8. The van der Waals surface area contributed by atoms with Crippen LogP contribution in [-0.4, -0.2) is 40.6 Å². The Morgan fingerprint density at radius 1 is 1.23 bits per heavy atom. The second-order valence-electron chi connectivity index (χ2n) is 6.86. The number of nitrogens with one attached hydrogen (secondary N) is 1. The third kappa shape index (κ3) is 2.46. The van der Waals surface area contributed by atoms with Crippen LogP contribution in [0.2, 0.25) is 0 Å². The van der Waals surface area contributed by atoms with Gasteiger partial charge in [0.25, 0.3) is 0 Å². The molecular weight excluding hydrogens is 272 g/mol. The van der Waals surface area contributed by atoms with Crippen molar-refractivity contribution in [3.8, 4) is 5.69 Å². The minimum atomic E-state index is 0.534. The summed E-state index contributed by atoms with van der Waals surface area (Å²) in [7, 11) is 0. The summed E-state index contributed by atoms with van der Waals surface area (Å²) in [4.78, 5) is 7.15. The Morgan fingerprint density at radius 3 is 2.86 bits per heavy atom. The maximum atomic E-state index is 4.55. The third-order valence-electron chi connectivity index (χ3n) is 5.26. The summed E-state index contributed by atoms with van der Waals surface area (Å²) in [6.45, 7) is 7.90. The van der Waals surface area contributed by atoms with Gasteiger partial charge in [-0.2, -0.15) is 0 Å². The fourth-order valence-electron chi connectivity index (χ4n) is 4.07. The van der Waals surface area contributed by atoms with E-state index >= 15 is 0 Å². The van der Waals surface area contributed by atoms with Crippen LogP contribution < -0.4 is 5.32 Å². The molecule has 116 valence electrons. The first-order valence-corrected chi connectivity index (χ1v) is 8.28. The average Bonchev–Trinajstić information content (AvgIpc) is 3.24. The van der Waals surface area contributed by atoms with Crippen molar-refractivity contribution in [3.63, 3.8) is 0 Å². The van der Waals surface area contributed by atoms with Gasteiger partial charge in [0.2, 0.25) is 0 Å². The van der Waals surface area contributed by atoms with Crippen LogP contribution in [0.5, 0.6) is 0 Å². The molecule has 0 amide bonds. The number of imidazole rings is 1. The Bertz CT molecular complexity index is 640. The van der Waals surface area contributed by atoms with Gasteiger partial charge in [0.05, 0.1) is 11.9 Å². The van der Waals surface area contributed by atoms with Gasteiger partial charge in [0.1, 0.15) is 5.82 Å². The summed E-state index contributed by atoms with van der Waals surface area (Å²) >= 11 is 0. The second kappa shape index (κ2) is 5.52. The summed E-state index contributed by atoms with van der Waals surface area (Å²) in [5.74, 6) is 1.07.